The summed E-state index contributed by atoms with van der Waals surface area (Å²) in [5.41, 5.74) is 2.41. The van der Waals surface area contributed by atoms with E-state index in [9.17, 15) is 18.0 Å². The number of sulfonamides is 1. The van der Waals surface area contributed by atoms with Gasteiger partial charge in [-0.2, -0.15) is 0 Å². The van der Waals surface area contributed by atoms with Gasteiger partial charge in [-0.3, -0.25) is 13.9 Å². The second-order valence-electron chi connectivity index (χ2n) is 10.8. The Morgan fingerprint density at radius 2 is 1.43 bits per heavy atom. The molecule has 0 aromatic heterocycles. The number of rotatable bonds is 9. The van der Waals surface area contributed by atoms with E-state index in [1.807, 2.05) is 40.7 Å². The number of aryl methyl sites for hydroxylation is 2. The minimum atomic E-state index is -4.17. The van der Waals surface area contributed by atoms with Gasteiger partial charge in [-0.15, -0.1) is 0 Å². The van der Waals surface area contributed by atoms with Crippen LogP contribution in [0.2, 0.25) is 10.0 Å². The van der Waals surface area contributed by atoms with Crippen molar-refractivity contribution in [1.29, 1.82) is 0 Å². The molecule has 3 rings (SSSR count). The van der Waals surface area contributed by atoms with E-state index < -0.39 is 34.1 Å². The highest BCUT2D eigenvalue weighted by Crippen LogP contribution is 2.27. The smallest absolute Gasteiger partial charge is 0.264 e. The Hall–Kier alpha value is -3.07. The molecule has 0 unspecified atom stereocenters. The van der Waals surface area contributed by atoms with E-state index in [1.54, 1.807) is 43.3 Å². The van der Waals surface area contributed by atoms with Gasteiger partial charge in [0.1, 0.15) is 12.6 Å². The first-order chi connectivity index (χ1) is 18.6. The van der Waals surface area contributed by atoms with E-state index in [4.69, 9.17) is 23.2 Å². The van der Waals surface area contributed by atoms with Crippen molar-refractivity contribution >= 4 is 50.7 Å². The number of nitrogens with one attached hydrogen (secondary N) is 1. The molecular formula is C30H35Cl2N3O4S. The average molecular weight is 605 g/mol. The van der Waals surface area contributed by atoms with Gasteiger partial charge in [0, 0.05) is 22.1 Å². The predicted octanol–water partition coefficient (Wildman–Crippen LogP) is 6.14. The Bertz CT molecular complexity index is 1470. The Morgan fingerprint density at radius 3 is 1.95 bits per heavy atom. The summed E-state index contributed by atoms with van der Waals surface area (Å²) in [6.07, 6.45) is 0. The molecule has 214 valence electrons. The van der Waals surface area contributed by atoms with E-state index in [-0.39, 0.29) is 17.3 Å². The highest BCUT2D eigenvalue weighted by molar-refractivity contribution is 7.92. The lowest BCUT2D eigenvalue weighted by molar-refractivity contribution is -0.140. The summed E-state index contributed by atoms with van der Waals surface area (Å²) < 4.78 is 28.9. The van der Waals surface area contributed by atoms with Crippen LogP contribution in [0.25, 0.3) is 0 Å². The number of anilines is 1. The van der Waals surface area contributed by atoms with Crippen LogP contribution in [0, 0.1) is 13.8 Å². The van der Waals surface area contributed by atoms with Crippen molar-refractivity contribution < 1.29 is 18.0 Å². The third-order valence-electron chi connectivity index (χ3n) is 6.39. The van der Waals surface area contributed by atoms with Crippen LogP contribution in [0.1, 0.15) is 44.4 Å². The summed E-state index contributed by atoms with van der Waals surface area (Å²) in [5.74, 6) is -0.893. The molecular weight excluding hydrogens is 569 g/mol. The third kappa shape index (κ3) is 7.99. The van der Waals surface area contributed by atoms with Crippen molar-refractivity contribution in [1.82, 2.24) is 10.2 Å². The largest absolute Gasteiger partial charge is 0.350 e. The first-order valence-corrected chi connectivity index (χ1v) is 15.0. The van der Waals surface area contributed by atoms with Crippen LogP contribution in [-0.4, -0.2) is 43.3 Å². The van der Waals surface area contributed by atoms with Gasteiger partial charge in [0.2, 0.25) is 11.8 Å². The fourth-order valence-electron chi connectivity index (χ4n) is 3.99. The van der Waals surface area contributed by atoms with Crippen molar-refractivity contribution in [2.45, 2.75) is 64.6 Å². The molecule has 0 bridgehead atoms. The van der Waals surface area contributed by atoms with Crippen LogP contribution < -0.4 is 9.62 Å². The first-order valence-electron chi connectivity index (χ1n) is 12.8. The lowest BCUT2D eigenvalue weighted by atomic mass is 10.1. The van der Waals surface area contributed by atoms with Crippen LogP contribution in [0.4, 0.5) is 5.69 Å². The molecule has 7 nitrogen and oxygen atoms in total. The molecule has 3 aromatic rings. The molecule has 0 heterocycles. The van der Waals surface area contributed by atoms with Crippen molar-refractivity contribution in [3.8, 4) is 0 Å². The van der Waals surface area contributed by atoms with Crippen molar-refractivity contribution in [3.63, 3.8) is 0 Å². The number of benzene rings is 3. The van der Waals surface area contributed by atoms with Crippen molar-refractivity contribution in [3.05, 3.63) is 93.5 Å². The number of halogens is 2. The number of hydrogen-bond donors (Lipinski definition) is 1. The van der Waals surface area contributed by atoms with Gasteiger partial charge in [0.05, 0.1) is 10.6 Å². The summed E-state index contributed by atoms with van der Waals surface area (Å²) in [6, 6.07) is 17.0. The number of hydrogen-bond acceptors (Lipinski definition) is 4. The molecule has 0 aliphatic heterocycles. The molecule has 0 radical (unpaired) electrons. The zero-order valence-corrected chi connectivity index (χ0v) is 25.9. The van der Waals surface area contributed by atoms with Crippen molar-refractivity contribution in [2.24, 2.45) is 0 Å². The Balaban J connectivity index is 2.06. The maximum absolute atomic E-state index is 14.0. The summed E-state index contributed by atoms with van der Waals surface area (Å²) in [4.78, 5) is 28.5. The van der Waals surface area contributed by atoms with E-state index in [0.717, 1.165) is 21.0 Å². The fourth-order valence-corrected chi connectivity index (χ4v) is 5.64. The van der Waals surface area contributed by atoms with Gasteiger partial charge in [0.15, 0.2) is 0 Å². The van der Waals surface area contributed by atoms with Crippen LogP contribution in [0.3, 0.4) is 0 Å². The molecule has 0 saturated heterocycles. The summed E-state index contributed by atoms with van der Waals surface area (Å²) in [6.45, 7) is 10.5. The molecule has 1 N–H and O–H groups in total. The topological polar surface area (TPSA) is 86.8 Å². The van der Waals surface area contributed by atoms with E-state index in [0.29, 0.717) is 15.7 Å². The molecule has 0 aliphatic rings. The molecule has 2 amide bonds. The molecule has 1 atom stereocenters. The lowest BCUT2D eigenvalue weighted by Gasteiger charge is -2.33. The minimum Gasteiger partial charge on any atom is -0.350 e. The maximum Gasteiger partial charge on any atom is 0.264 e. The highest BCUT2D eigenvalue weighted by atomic mass is 35.5. The Labute approximate surface area is 247 Å². The van der Waals surface area contributed by atoms with Gasteiger partial charge in [-0.25, -0.2) is 8.42 Å². The van der Waals surface area contributed by atoms with E-state index >= 15 is 0 Å². The molecule has 0 spiro atoms. The van der Waals surface area contributed by atoms with Gasteiger partial charge < -0.3 is 10.2 Å². The molecule has 0 fully saturated rings. The molecule has 3 aromatic carbocycles. The quantitative estimate of drug-likeness (QED) is 0.318. The normalized spacial score (nSPS) is 12.5. The molecule has 10 heteroatoms. The monoisotopic (exact) mass is 603 g/mol. The molecule has 0 aliphatic carbocycles. The molecule has 40 heavy (non-hydrogen) atoms. The summed E-state index contributed by atoms with van der Waals surface area (Å²) in [7, 11) is -4.17. The van der Waals surface area contributed by atoms with Crippen LogP contribution in [-0.2, 0) is 26.2 Å². The molecule has 0 saturated carbocycles. The maximum atomic E-state index is 14.0. The van der Waals surface area contributed by atoms with Crippen molar-refractivity contribution in [2.75, 3.05) is 10.8 Å². The number of nitrogens with zero attached hydrogens (tertiary/aromatic N) is 2. The first kappa shape index (κ1) is 31.5. The zero-order chi connectivity index (χ0) is 29.8. The van der Waals surface area contributed by atoms with Crippen LogP contribution >= 0.6 is 23.2 Å². The third-order valence-corrected chi connectivity index (χ3v) is 8.68. The number of carbonyl (C=O) groups is 2. The van der Waals surface area contributed by atoms with Crippen LogP contribution in [0.5, 0.6) is 0 Å². The van der Waals surface area contributed by atoms with Gasteiger partial charge in [-0.1, -0.05) is 41.4 Å². The van der Waals surface area contributed by atoms with Gasteiger partial charge in [0.25, 0.3) is 10.0 Å². The zero-order valence-electron chi connectivity index (χ0n) is 23.5. The standard InChI is InChI=1S/C30H35Cl2N3O4S/c1-20-7-14-26(17-21(20)2)35(40(38,39)27-15-12-25(32)13-16-27)19-28(36)34(18-23-8-10-24(31)11-9-23)22(3)29(37)33-30(4,5)6/h7-17,22H,18-19H2,1-6H3,(H,33,37)/t22-/m1/s1. The predicted molar refractivity (Wildman–Crippen MR) is 161 cm³/mol. The number of amides is 2. The lowest BCUT2D eigenvalue weighted by Crippen LogP contribution is -2.54. The average Bonchev–Trinajstić information content (AvgIpc) is 2.87. The highest BCUT2D eigenvalue weighted by Gasteiger charge is 2.33. The van der Waals surface area contributed by atoms with Gasteiger partial charge >= 0.3 is 0 Å². The van der Waals surface area contributed by atoms with Gasteiger partial charge in [-0.05, 0) is 107 Å². The summed E-state index contributed by atoms with van der Waals surface area (Å²) >= 11 is 12.1. The SMILES string of the molecule is Cc1ccc(N(CC(=O)N(Cc2ccc(Cl)cc2)[C@H](C)C(=O)NC(C)(C)C)S(=O)(=O)c2ccc(Cl)cc2)cc1C. The Morgan fingerprint density at radius 1 is 0.875 bits per heavy atom. The second-order valence-corrected chi connectivity index (χ2v) is 13.5. The van der Waals surface area contributed by atoms with E-state index in [1.165, 1.54) is 29.2 Å². The summed E-state index contributed by atoms with van der Waals surface area (Å²) in [5, 5.41) is 3.84. The Kier molecular flexibility index (Phi) is 9.93. The van der Waals surface area contributed by atoms with E-state index in [2.05, 4.69) is 5.32 Å². The minimum absolute atomic E-state index is 0.00861. The second kappa shape index (κ2) is 12.6. The fraction of sp³-hybridized carbons (Fsp3) is 0.333. The van der Waals surface area contributed by atoms with Crippen LogP contribution in [0.15, 0.2) is 71.6 Å². The number of carbonyl (C=O) groups excluding carboxylic acids is 2.